The zero-order valence-electron chi connectivity index (χ0n) is 13.6. The molecule has 3 aliphatic rings. The van der Waals surface area contributed by atoms with Gasteiger partial charge in [-0.1, -0.05) is 0 Å². The van der Waals surface area contributed by atoms with E-state index in [1.54, 1.807) is 11.6 Å². The van der Waals surface area contributed by atoms with Gasteiger partial charge in [-0.15, -0.1) is 0 Å². The average Bonchev–Trinajstić information content (AvgIpc) is 3.32. The van der Waals surface area contributed by atoms with Crippen molar-refractivity contribution in [2.75, 3.05) is 6.61 Å². The second kappa shape index (κ2) is 4.77. The van der Waals surface area contributed by atoms with Crippen molar-refractivity contribution in [1.82, 2.24) is 9.78 Å². The first kappa shape index (κ1) is 15.1. The fraction of sp³-hybridized carbons (Fsp3) is 0.765. The van der Waals surface area contributed by atoms with E-state index < -0.39 is 5.92 Å². The van der Waals surface area contributed by atoms with Crippen molar-refractivity contribution in [1.29, 1.82) is 0 Å². The standard InChI is InChI=1S/C17H22F2N2O2/c1-3-23-15(22)14-10(2)13(11-4-5-11)20-21(14)9-16-6-12(16)7-17(18,19)8-16/h11-12H,3-9H2,1-2H3. The minimum absolute atomic E-state index is 0.0164. The van der Waals surface area contributed by atoms with Crippen molar-refractivity contribution in [2.45, 2.75) is 64.3 Å². The summed E-state index contributed by atoms with van der Waals surface area (Å²) in [4.78, 5) is 12.3. The number of hydrogen-bond acceptors (Lipinski definition) is 3. The number of carbonyl (C=O) groups is 1. The van der Waals surface area contributed by atoms with Gasteiger partial charge in [0.25, 0.3) is 0 Å². The third kappa shape index (κ3) is 2.46. The SMILES string of the molecule is CCOC(=O)c1c(C)c(C2CC2)nn1CC12CC1CC(F)(F)C2. The van der Waals surface area contributed by atoms with Crippen LogP contribution in [0.15, 0.2) is 0 Å². The molecule has 1 aromatic rings. The topological polar surface area (TPSA) is 44.1 Å². The maximum atomic E-state index is 13.7. The second-order valence-corrected chi connectivity index (χ2v) is 7.51. The van der Waals surface area contributed by atoms with Crippen LogP contribution in [0.1, 0.15) is 66.7 Å². The van der Waals surface area contributed by atoms with Gasteiger partial charge in [0.2, 0.25) is 5.92 Å². The van der Waals surface area contributed by atoms with Crippen LogP contribution in [0.3, 0.4) is 0 Å². The van der Waals surface area contributed by atoms with Gasteiger partial charge in [-0.2, -0.15) is 5.10 Å². The summed E-state index contributed by atoms with van der Waals surface area (Å²) in [5.41, 5.74) is 1.91. The molecule has 0 bridgehead atoms. The summed E-state index contributed by atoms with van der Waals surface area (Å²) in [7, 11) is 0. The fourth-order valence-electron chi connectivity index (χ4n) is 4.32. The molecule has 3 aliphatic carbocycles. The van der Waals surface area contributed by atoms with Crippen LogP contribution in [0.2, 0.25) is 0 Å². The Kier molecular flexibility index (Phi) is 3.13. The van der Waals surface area contributed by atoms with E-state index in [2.05, 4.69) is 5.10 Å². The lowest BCUT2D eigenvalue weighted by atomic mass is 10.0. The molecule has 4 nitrogen and oxygen atoms in total. The predicted molar refractivity (Wildman–Crippen MR) is 79.6 cm³/mol. The zero-order chi connectivity index (χ0) is 16.4. The first-order valence-electron chi connectivity index (χ1n) is 8.47. The summed E-state index contributed by atoms with van der Waals surface area (Å²) in [5, 5.41) is 4.63. The van der Waals surface area contributed by atoms with Gasteiger partial charge in [0.15, 0.2) is 0 Å². The van der Waals surface area contributed by atoms with Gasteiger partial charge >= 0.3 is 5.97 Å². The summed E-state index contributed by atoms with van der Waals surface area (Å²) in [6.45, 7) is 4.38. The Morgan fingerprint density at radius 3 is 2.70 bits per heavy atom. The number of carbonyl (C=O) groups excluding carboxylic acids is 1. The number of alkyl halides is 2. The monoisotopic (exact) mass is 324 g/mol. The van der Waals surface area contributed by atoms with Crippen LogP contribution in [0.25, 0.3) is 0 Å². The molecule has 0 aliphatic heterocycles. The van der Waals surface area contributed by atoms with Gasteiger partial charge in [0, 0.05) is 30.9 Å². The quantitative estimate of drug-likeness (QED) is 0.776. The van der Waals surface area contributed by atoms with E-state index in [-0.39, 0.29) is 30.1 Å². The van der Waals surface area contributed by atoms with Crippen LogP contribution in [0.5, 0.6) is 0 Å². The van der Waals surface area contributed by atoms with Gasteiger partial charge in [0.1, 0.15) is 5.69 Å². The molecule has 23 heavy (non-hydrogen) atoms. The average molecular weight is 324 g/mol. The van der Waals surface area contributed by atoms with Gasteiger partial charge in [-0.3, -0.25) is 4.68 Å². The first-order chi connectivity index (χ1) is 10.9. The lowest BCUT2D eigenvalue weighted by molar-refractivity contribution is -0.0117. The number of ether oxygens (including phenoxy) is 1. The van der Waals surface area contributed by atoms with Crippen LogP contribution in [0, 0.1) is 18.3 Å². The van der Waals surface area contributed by atoms with Crippen molar-refractivity contribution in [2.24, 2.45) is 11.3 Å². The molecule has 0 radical (unpaired) electrons. The molecule has 0 N–H and O–H groups in total. The first-order valence-corrected chi connectivity index (χ1v) is 8.47. The smallest absolute Gasteiger partial charge is 0.356 e. The third-order valence-corrected chi connectivity index (χ3v) is 5.64. The molecular weight excluding hydrogens is 302 g/mol. The Labute approximate surface area is 134 Å². The van der Waals surface area contributed by atoms with Crippen molar-refractivity contribution in [3.8, 4) is 0 Å². The van der Waals surface area contributed by atoms with Gasteiger partial charge < -0.3 is 4.74 Å². The summed E-state index contributed by atoms with van der Waals surface area (Å²) in [6, 6.07) is 0. The van der Waals surface area contributed by atoms with Crippen LogP contribution in [0.4, 0.5) is 8.78 Å². The number of fused-ring (bicyclic) bond motifs is 1. The molecule has 0 aromatic carbocycles. The number of nitrogens with zero attached hydrogens (tertiary/aromatic N) is 2. The predicted octanol–water partition coefficient (Wildman–Crippen LogP) is 3.68. The number of halogens is 2. The Morgan fingerprint density at radius 1 is 1.39 bits per heavy atom. The Bertz CT molecular complexity index is 666. The molecule has 3 fully saturated rings. The summed E-state index contributed by atoms with van der Waals surface area (Å²) < 4.78 is 34.1. The Hall–Kier alpha value is -1.46. The Balaban J connectivity index is 1.65. The van der Waals surface area contributed by atoms with Crippen molar-refractivity contribution < 1.29 is 18.3 Å². The minimum Gasteiger partial charge on any atom is -0.461 e. The number of esters is 1. The molecule has 2 atom stereocenters. The van der Waals surface area contributed by atoms with Crippen LogP contribution >= 0.6 is 0 Å². The lowest BCUT2D eigenvalue weighted by Crippen LogP contribution is -2.22. The van der Waals surface area contributed by atoms with E-state index in [1.807, 2.05) is 6.92 Å². The molecule has 126 valence electrons. The van der Waals surface area contributed by atoms with Crippen molar-refractivity contribution in [3.05, 3.63) is 17.0 Å². The van der Waals surface area contributed by atoms with Crippen LogP contribution in [-0.2, 0) is 11.3 Å². The Morgan fingerprint density at radius 2 is 2.13 bits per heavy atom. The fourth-order valence-corrected chi connectivity index (χ4v) is 4.32. The van der Waals surface area contributed by atoms with Crippen molar-refractivity contribution in [3.63, 3.8) is 0 Å². The number of hydrogen-bond donors (Lipinski definition) is 0. The highest BCUT2D eigenvalue weighted by molar-refractivity contribution is 5.89. The van der Waals surface area contributed by atoms with Crippen LogP contribution in [-0.4, -0.2) is 28.3 Å². The second-order valence-electron chi connectivity index (χ2n) is 7.51. The van der Waals surface area contributed by atoms with Gasteiger partial charge in [-0.05, 0) is 44.4 Å². The van der Waals surface area contributed by atoms with E-state index in [0.29, 0.717) is 24.8 Å². The molecule has 1 heterocycles. The van der Waals surface area contributed by atoms with Gasteiger partial charge in [0.05, 0.1) is 12.3 Å². The van der Waals surface area contributed by atoms with E-state index >= 15 is 0 Å². The summed E-state index contributed by atoms with van der Waals surface area (Å²) in [6.07, 6.45) is 2.91. The summed E-state index contributed by atoms with van der Waals surface area (Å²) in [5.74, 6) is -2.46. The lowest BCUT2D eigenvalue weighted by Gasteiger charge is -2.17. The zero-order valence-corrected chi connectivity index (χ0v) is 13.6. The highest BCUT2D eigenvalue weighted by Gasteiger charge is 2.66. The van der Waals surface area contributed by atoms with Crippen LogP contribution < -0.4 is 0 Å². The van der Waals surface area contributed by atoms with E-state index in [1.165, 1.54) is 0 Å². The molecular formula is C17H22F2N2O2. The number of aromatic nitrogens is 2. The molecule has 4 rings (SSSR count). The van der Waals surface area contributed by atoms with Gasteiger partial charge in [-0.25, -0.2) is 13.6 Å². The largest absolute Gasteiger partial charge is 0.461 e. The highest BCUT2D eigenvalue weighted by atomic mass is 19.3. The molecule has 0 amide bonds. The molecule has 1 aromatic heterocycles. The minimum atomic E-state index is -2.56. The van der Waals surface area contributed by atoms with E-state index in [4.69, 9.17) is 4.74 Å². The molecule has 0 saturated heterocycles. The summed E-state index contributed by atoms with van der Waals surface area (Å²) >= 11 is 0. The normalized spacial score (nSPS) is 31.0. The molecule has 3 saturated carbocycles. The van der Waals surface area contributed by atoms with E-state index in [9.17, 15) is 13.6 Å². The van der Waals surface area contributed by atoms with Crippen molar-refractivity contribution >= 4 is 5.97 Å². The third-order valence-electron chi connectivity index (χ3n) is 5.64. The van der Waals surface area contributed by atoms with E-state index in [0.717, 1.165) is 30.5 Å². The molecule has 0 spiro atoms. The number of rotatable bonds is 5. The molecule has 2 unspecified atom stereocenters. The maximum Gasteiger partial charge on any atom is 0.356 e. The maximum absolute atomic E-state index is 13.7. The highest BCUT2D eigenvalue weighted by Crippen LogP contribution is 2.68. The molecule has 6 heteroatoms.